The molecule has 2 aliphatic rings. The number of amides is 1. The Bertz CT molecular complexity index is 1410. The van der Waals surface area contributed by atoms with E-state index in [1.807, 2.05) is 5.38 Å². The van der Waals surface area contributed by atoms with E-state index in [9.17, 15) is 10.1 Å². The molecule has 3 aromatic rings. The van der Waals surface area contributed by atoms with Crippen LogP contribution in [-0.4, -0.2) is 53.3 Å². The van der Waals surface area contributed by atoms with Gasteiger partial charge in [-0.1, -0.05) is 34.4 Å². The highest BCUT2D eigenvalue weighted by Crippen LogP contribution is 2.37. The summed E-state index contributed by atoms with van der Waals surface area (Å²) in [5, 5.41) is 17.6. The largest absolute Gasteiger partial charge is 0.478 e. The quantitative estimate of drug-likeness (QED) is 0.374. The molecule has 1 saturated heterocycles. The molecule has 196 valence electrons. The minimum Gasteiger partial charge on any atom is -0.478 e. The Morgan fingerprint density at radius 2 is 2.13 bits per heavy atom. The number of carbonyl (C=O) groups is 1. The summed E-state index contributed by atoms with van der Waals surface area (Å²) in [6.45, 7) is 1.11. The molecule has 0 saturated carbocycles. The first-order chi connectivity index (χ1) is 18.5. The van der Waals surface area contributed by atoms with Gasteiger partial charge in [-0.3, -0.25) is 4.79 Å². The van der Waals surface area contributed by atoms with E-state index >= 15 is 0 Å². The van der Waals surface area contributed by atoms with Gasteiger partial charge in [0, 0.05) is 53.7 Å². The van der Waals surface area contributed by atoms with Gasteiger partial charge in [-0.25, -0.2) is 9.97 Å². The Morgan fingerprint density at radius 3 is 2.89 bits per heavy atom. The zero-order chi connectivity index (χ0) is 26.6. The number of carbonyl (C=O) groups excluding carboxylic acids is 1. The summed E-state index contributed by atoms with van der Waals surface area (Å²) >= 11 is 13.9. The van der Waals surface area contributed by atoms with Crippen molar-refractivity contribution in [1.29, 1.82) is 5.26 Å². The Balaban J connectivity index is 1.15. The van der Waals surface area contributed by atoms with Crippen LogP contribution >= 0.6 is 34.5 Å². The summed E-state index contributed by atoms with van der Waals surface area (Å²) < 4.78 is 10.8. The standard InChI is InChI=1S/C26H23Cl2N5O4S/c1-35-25-22(9-17(27)12-30-25)36-13-23(34)33-7-5-15(6-8-33)26-31-20(14-38-26)19-10-21(37-32-19)24-16(11-29)3-2-4-18(24)28/h2-4,9,12,14-15,21H,5-8,10,13H2,1H3. The van der Waals surface area contributed by atoms with Gasteiger partial charge in [0.1, 0.15) is 5.71 Å². The molecule has 0 bridgehead atoms. The fourth-order valence-corrected chi connectivity index (χ4v) is 5.97. The number of oxime groups is 1. The zero-order valence-electron chi connectivity index (χ0n) is 20.4. The first kappa shape index (κ1) is 26.2. The second-order valence-corrected chi connectivity index (χ2v) is 10.6. The maximum atomic E-state index is 12.7. The molecular weight excluding hydrogens is 549 g/mol. The molecule has 0 N–H and O–H groups in total. The highest BCUT2D eigenvalue weighted by molar-refractivity contribution is 7.10. The fraction of sp³-hybridized carbons (Fsp3) is 0.346. The maximum Gasteiger partial charge on any atom is 0.260 e. The van der Waals surface area contributed by atoms with Crippen LogP contribution in [-0.2, 0) is 9.63 Å². The lowest BCUT2D eigenvalue weighted by Crippen LogP contribution is -2.40. The van der Waals surface area contributed by atoms with Crippen LogP contribution in [0.1, 0.15) is 53.1 Å². The van der Waals surface area contributed by atoms with Crippen LogP contribution in [0.2, 0.25) is 10.0 Å². The van der Waals surface area contributed by atoms with Gasteiger partial charge in [0.25, 0.3) is 11.8 Å². The van der Waals surface area contributed by atoms with Crippen molar-refractivity contribution in [3.8, 4) is 17.7 Å². The van der Waals surface area contributed by atoms with Crippen molar-refractivity contribution in [1.82, 2.24) is 14.9 Å². The number of likely N-dealkylation sites (tertiary alicyclic amines) is 1. The van der Waals surface area contributed by atoms with Crippen LogP contribution in [0.15, 0.2) is 41.0 Å². The molecule has 0 spiro atoms. The van der Waals surface area contributed by atoms with Gasteiger partial charge in [-0.15, -0.1) is 11.3 Å². The van der Waals surface area contributed by atoms with Crippen molar-refractivity contribution in [2.45, 2.75) is 31.3 Å². The van der Waals surface area contributed by atoms with Gasteiger partial charge in [-0.2, -0.15) is 5.26 Å². The van der Waals surface area contributed by atoms with Crippen molar-refractivity contribution in [3.63, 3.8) is 0 Å². The Kier molecular flexibility index (Phi) is 7.98. The van der Waals surface area contributed by atoms with Crippen molar-refractivity contribution in [2.75, 3.05) is 26.8 Å². The summed E-state index contributed by atoms with van der Waals surface area (Å²) in [6, 6.07) is 8.96. The second-order valence-electron chi connectivity index (χ2n) is 8.82. The number of rotatable bonds is 7. The number of halogens is 2. The van der Waals surface area contributed by atoms with E-state index in [0.29, 0.717) is 46.4 Å². The topological polar surface area (TPSA) is 110 Å². The van der Waals surface area contributed by atoms with Gasteiger partial charge < -0.3 is 19.2 Å². The summed E-state index contributed by atoms with van der Waals surface area (Å²) in [5.74, 6) is 0.757. The predicted octanol–water partition coefficient (Wildman–Crippen LogP) is 5.38. The lowest BCUT2D eigenvalue weighted by Gasteiger charge is -2.31. The predicted molar refractivity (Wildman–Crippen MR) is 143 cm³/mol. The summed E-state index contributed by atoms with van der Waals surface area (Å²) in [4.78, 5) is 29.0. The first-order valence-electron chi connectivity index (χ1n) is 11.9. The van der Waals surface area contributed by atoms with Crippen LogP contribution in [0.4, 0.5) is 0 Å². The molecule has 5 rings (SSSR count). The highest BCUT2D eigenvalue weighted by Gasteiger charge is 2.31. The number of hydrogen-bond donors (Lipinski definition) is 0. The number of aromatic nitrogens is 2. The Morgan fingerprint density at radius 1 is 1.32 bits per heavy atom. The fourth-order valence-electron chi connectivity index (χ4n) is 4.52. The molecule has 2 aliphatic heterocycles. The van der Waals surface area contributed by atoms with Crippen LogP contribution in [0.3, 0.4) is 0 Å². The van der Waals surface area contributed by atoms with Crippen molar-refractivity contribution < 1.29 is 19.1 Å². The number of hydrogen-bond acceptors (Lipinski definition) is 9. The SMILES string of the molecule is COc1ncc(Cl)cc1OCC(=O)N1CCC(c2nc(C3=NOC(c4c(Cl)cccc4C#N)C3)cs2)CC1. The zero-order valence-corrected chi connectivity index (χ0v) is 22.7. The highest BCUT2D eigenvalue weighted by atomic mass is 35.5. The van der Waals surface area contributed by atoms with Crippen molar-refractivity contribution in [3.05, 3.63) is 67.7 Å². The summed E-state index contributed by atoms with van der Waals surface area (Å²) in [7, 11) is 1.48. The number of thiazole rings is 1. The minimum absolute atomic E-state index is 0.106. The number of nitriles is 1. The monoisotopic (exact) mass is 571 g/mol. The van der Waals surface area contributed by atoms with Gasteiger partial charge in [0.15, 0.2) is 18.5 Å². The minimum atomic E-state index is -0.419. The molecule has 1 aromatic carbocycles. The van der Waals surface area contributed by atoms with E-state index in [2.05, 4.69) is 16.2 Å². The molecule has 9 nitrogen and oxygen atoms in total. The Labute approximate surface area is 233 Å². The van der Waals surface area contributed by atoms with Crippen LogP contribution in [0.5, 0.6) is 11.6 Å². The smallest absolute Gasteiger partial charge is 0.260 e. The summed E-state index contributed by atoms with van der Waals surface area (Å²) in [5.41, 5.74) is 2.64. The number of nitrogens with zero attached hydrogens (tertiary/aromatic N) is 5. The number of piperidine rings is 1. The van der Waals surface area contributed by atoms with E-state index in [-0.39, 0.29) is 24.3 Å². The molecule has 38 heavy (non-hydrogen) atoms. The van der Waals surface area contributed by atoms with Crippen LogP contribution < -0.4 is 9.47 Å². The molecule has 1 unspecified atom stereocenters. The third kappa shape index (κ3) is 5.55. The van der Waals surface area contributed by atoms with E-state index in [1.165, 1.54) is 13.3 Å². The van der Waals surface area contributed by atoms with Gasteiger partial charge in [-0.05, 0) is 25.0 Å². The molecule has 2 aromatic heterocycles. The van der Waals surface area contributed by atoms with E-state index < -0.39 is 6.10 Å². The summed E-state index contributed by atoms with van der Waals surface area (Å²) in [6.07, 6.45) is 3.13. The molecule has 1 amide bonds. The normalized spacial score (nSPS) is 17.5. The van der Waals surface area contributed by atoms with Gasteiger partial charge >= 0.3 is 0 Å². The number of ether oxygens (including phenoxy) is 2. The lowest BCUT2D eigenvalue weighted by atomic mass is 9.97. The lowest BCUT2D eigenvalue weighted by molar-refractivity contribution is -0.134. The third-order valence-electron chi connectivity index (χ3n) is 6.51. The molecule has 1 atom stereocenters. The van der Waals surface area contributed by atoms with Crippen LogP contribution in [0, 0.1) is 11.3 Å². The van der Waals surface area contributed by atoms with Gasteiger partial charge in [0.05, 0.1) is 34.5 Å². The van der Waals surface area contributed by atoms with E-state index in [1.54, 1.807) is 40.5 Å². The molecule has 4 heterocycles. The third-order valence-corrected chi connectivity index (χ3v) is 8.05. The van der Waals surface area contributed by atoms with Gasteiger partial charge in [0.2, 0.25) is 0 Å². The number of pyridine rings is 1. The second kappa shape index (κ2) is 11.6. The molecule has 0 radical (unpaired) electrons. The molecular formula is C26H23Cl2N5O4S. The average Bonchev–Trinajstić information content (AvgIpc) is 3.62. The Hall–Kier alpha value is -3.39. The average molecular weight is 572 g/mol. The van der Waals surface area contributed by atoms with Crippen molar-refractivity contribution >= 4 is 46.2 Å². The number of benzene rings is 1. The van der Waals surface area contributed by atoms with Crippen molar-refractivity contribution in [2.24, 2.45) is 5.16 Å². The molecule has 1 fully saturated rings. The first-order valence-corrected chi connectivity index (χ1v) is 13.6. The number of methoxy groups -OCH3 is 1. The maximum absolute atomic E-state index is 12.7. The van der Waals surface area contributed by atoms with E-state index in [0.717, 1.165) is 29.3 Å². The van der Waals surface area contributed by atoms with Crippen LogP contribution in [0.25, 0.3) is 0 Å². The molecule has 0 aliphatic carbocycles. The van der Waals surface area contributed by atoms with E-state index in [4.69, 9.17) is 42.5 Å². The molecule has 12 heteroatoms.